The molecular formula is C40H32N2O5. The number of nitrogens with zero attached hydrogens (tertiary/aromatic N) is 2. The fraction of sp³-hybridized carbons (Fsp3) is 0.200. The van der Waals surface area contributed by atoms with Gasteiger partial charge in [-0.3, -0.25) is 29.0 Å². The second kappa shape index (κ2) is 10.8. The number of phenols is 1. The van der Waals surface area contributed by atoms with Crippen molar-refractivity contribution in [2.24, 2.45) is 29.6 Å². The van der Waals surface area contributed by atoms with Gasteiger partial charge in [0.15, 0.2) is 0 Å². The van der Waals surface area contributed by atoms with Gasteiger partial charge in [-0.15, -0.1) is 0 Å². The van der Waals surface area contributed by atoms with Gasteiger partial charge in [0.25, 0.3) is 0 Å². The highest BCUT2D eigenvalue weighted by molar-refractivity contribution is 6.24. The minimum Gasteiger partial charge on any atom is -0.507 e. The topological polar surface area (TPSA) is 95.0 Å². The molecule has 6 atom stereocenters. The van der Waals surface area contributed by atoms with Crippen molar-refractivity contribution in [1.29, 1.82) is 0 Å². The lowest BCUT2D eigenvalue weighted by Crippen LogP contribution is -2.43. The number of aromatic hydroxyl groups is 1. The Labute approximate surface area is 272 Å². The molecule has 0 bridgehead atoms. The van der Waals surface area contributed by atoms with E-state index in [4.69, 9.17) is 0 Å². The summed E-state index contributed by atoms with van der Waals surface area (Å²) in [6, 6.07) is 25.3. The van der Waals surface area contributed by atoms with Crippen LogP contribution in [-0.2, 0) is 19.2 Å². The van der Waals surface area contributed by atoms with Crippen LogP contribution in [0.1, 0.15) is 35.4 Å². The third-order valence-corrected chi connectivity index (χ3v) is 10.7. The van der Waals surface area contributed by atoms with E-state index < -0.39 is 35.5 Å². The summed E-state index contributed by atoms with van der Waals surface area (Å²) in [7, 11) is 0. The first kappa shape index (κ1) is 28.9. The summed E-state index contributed by atoms with van der Waals surface area (Å²) >= 11 is 0. The molecule has 4 aromatic carbocycles. The monoisotopic (exact) mass is 620 g/mol. The molecule has 7 heteroatoms. The first-order valence-corrected chi connectivity index (χ1v) is 15.9. The number of phenolic OH excluding ortho intramolecular Hbond substituents is 1. The highest BCUT2D eigenvalue weighted by Crippen LogP contribution is 2.59. The maximum absolute atomic E-state index is 14.5. The van der Waals surface area contributed by atoms with Gasteiger partial charge in [0.05, 0.1) is 35.0 Å². The predicted octanol–water partition coefficient (Wildman–Crippen LogP) is 6.88. The van der Waals surface area contributed by atoms with Crippen LogP contribution in [0.2, 0.25) is 0 Å². The van der Waals surface area contributed by atoms with Gasteiger partial charge >= 0.3 is 0 Å². The molecule has 8 rings (SSSR count). The Balaban J connectivity index is 1.26. The first-order chi connectivity index (χ1) is 22.8. The molecule has 6 unspecified atom stereocenters. The van der Waals surface area contributed by atoms with Gasteiger partial charge in [-0.25, -0.2) is 0 Å². The lowest BCUT2D eigenvalue weighted by atomic mass is 9.57. The van der Waals surface area contributed by atoms with E-state index in [0.717, 1.165) is 27.6 Å². The molecule has 1 saturated carbocycles. The molecule has 232 valence electrons. The fourth-order valence-electron chi connectivity index (χ4n) is 8.54. The van der Waals surface area contributed by atoms with Crippen molar-refractivity contribution in [3.8, 4) is 5.75 Å². The van der Waals surface area contributed by atoms with Crippen LogP contribution in [0, 0.1) is 29.6 Å². The summed E-state index contributed by atoms with van der Waals surface area (Å²) in [6.07, 6.45) is 6.10. The number of carbonyl (C=O) groups is 4. The zero-order valence-electron chi connectivity index (χ0n) is 25.6. The molecule has 4 aromatic rings. The molecular weight excluding hydrogens is 588 g/mol. The van der Waals surface area contributed by atoms with Gasteiger partial charge in [0.1, 0.15) is 5.75 Å². The standard InChI is InChI=1S/C40H32N2O5/c1-3-22-9-13-24(14-10-22)41-37(44)30-18-17-29-31(35(30)39(41)46)21-32-36(34(29)28-19-20-33(43)27-8-6-5-7-26(27)28)40(47)42(38(32)45)25-15-11-23(4-2)12-16-25/h3-17,19-20,30-32,34-36,43H,1-2,18,21H2. The molecule has 0 radical (unpaired) electrons. The van der Waals surface area contributed by atoms with Crippen LogP contribution in [0.4, 0.5) is 11.4 Å². The smallest absolute Gasteiger partial charge is 0.238 e. The summed E-state index contributed by atoms with van der Waals surface area (Å²) in [5.74, 6) is -4.52. The van der Waals surface area contributed by atoms with Crippen molar-refractivity contribution in [1.82, 2.24) is 0 Å². The van der Waals surface area contributed by atoms with Crippen LogP contribution >= 0.6 is 0 Å². The number of hydrogen-bond acceptors (Lipinski definition) is 5. The van der Waals surface area contributed by atoms with E-state index in [1.807, 2.05) is 60.7 Å². The van der Waals surface area contributed by atoms with Gasteiger partial charge in [0, 0.05) is 11.3 Å². The molecule has 0 spiro atoms. The van der Waals surface area contributed by atoms with Gasteiger partial charge in [-0.2, -0.15) is 0 Å². The largest absolute Gasteiger partial charge is 0.507 e. The summed E-state index contributed by atoms with van der Waals surface area (Å²) < 4.78 is 0. The normalized spacial score (nSPS) is 26.6. The number of imide groups is 2. The van der Waals surface area contributed by atoms with Crippen LogP contribution in [0.3, 0.4) is 0 Å². The molecule has 3 fully saturated rings. The van der Waals surface area contributed by atoms with E-state index in [1.165, 1.54) is 9.80 Å². The summed E-state index contributed by atoms with van der Waals surface area (Å²) in [6.45, 7) is 7.59. The van der Waals surface area contributed by atoms with Crippen molar-refractivity contribution < 1.29 is 24.3 Å². The lowest BCUT2D eigenvalue weighted by molar-refractivity contribution is -0.126. The number of amides is 4. The maximum atomic E-state index is 14.5. The Morgan fingerprint density at radius 2 is 1.17 bits per heavy atom. The van der Waals surface area contributed by atoms with Crippen LogP contribution in [0.15, 0.2) is 110 Å². The number of rotatable bonds is 5. The number of fused-ring (bicyclic) bond motifs is 5. The molecule has 7 nitrogen and oxygen atoms in total. The van der Waals surface area contributed by atoms with Crippen LogP contribution in [0.25, 0.3) is 22.9 Å². The average Bonchev–Trinajstić information content (AvgIpc) is 3.51. The SMILES string of the molecule is C=Cc1ccc(N2C(=O)C3CC=C4C(CC5C(=O)N(c6ccc(C=C)cc6)C(=O)C5C4c4ccc(O)c5ccccc45)C3C2=O)cc1. The highest BCUT2D eigenvalue weighted by Gasteiger charge is 2.62. The molecule has 2 saturated heterocycles. The molecule has 47 heavy (non-hydrogen) atoms. The van der Waals surface area contributed by atoms with E-state index in [9.17, 15) is 24.3 Å². The molecule has 1 N–H and O–H groups in total. The van der Waals surface area contributed by atoms with Crippen LogP contribution < -0.4 is 9.80 Å². The van der Waals surface area contributed by atoms with Crippen molar-refractivity contribution in [2.75, 3.05) is 9.80 Å². The molecule has 2 heterocycles. The maximum Gasteiger partial charge on any atom is 0.238 e. The van der Waals surface area contributed by atoms with E-state index in [2.05, 4.69) is 13.2 Å². The summed E-state index contributed by atoms with van der Waals surface area (Å²) in [4.78, 5) is 59.5. The van der Waals surface area contributed by atoms with Gasteiger partial charge in [-0.1, -0.05) is 91.6 Å². The second-order valence-electron chi connectivity index (χ2n) is 12.9. The zero-order valence-corrected chi connectivity index (χ0v) is 25.6. The third kappa shape index (κ3) is 4.19. The Morgan fingerprint density at radius 3 is 1.77 bits per heavy atom. The van der Waals surface area contributed by atoms with E-state index in [-0.39, 0.29) is 35.8 Å². The van der Waals surface area contributed by atoms with Crippen molar-refractivity contribution in [3.63, 3.8) is 0 Å². The van der Waals surface area contributed by atoms with Gasteiger partial charge in [0.2, 0.25) is 23.6 Å². The molecule has 2 aliphatic carbocycles. The van der Waals surface area contributed by atoms with Gasteiger partial charge < -0.3 is 5.11 Å². The Kier molecular flexibility index (Phi) is 6.62. The minimum absolute atomic E-state index is 0.124. The highest BCUT2D eigenvalue weighted by atomic mass is 16.3. The van der Waals surface area contributed by atoms with Crippen LogP contribution in [0.5, 0.6) is 5.75 Å². The summed E-state index contributed by atoms with van der Waals surface area (Å²) in [5.41, 5.74) is 4.49. The Hall–Kier alpha value is -5.56. The lowest BCUT2D eigenvalue weighted by Gasteiger charge is -2.44. The van der Waals surface area contributed by atoms with Gasteiger partial charge in [-0.05, 0) is 71.2 Å². The van der Waals surface area contributed by atoms with Crippen molar-refractivity contribution in [3.05, 3.63) is 126 Å². The quantitative estimate of drug-likeness (QED) is 0.194. The number of hydrogen-bond donors (Lipinski definition) is 1. The summed E-state index contributed by atoms with van der Waals surface area (Å²) in [5, 5.41) is 12.2. The molecule has 0 aromatic heterocycles. The number of allylic oxidation sites excluding steroid dienone is 2. The van der Waals surface area contributed by atoms with E-state index in [0.29, 0.717) is 23.2 Å². The van der Waals surface area contributed by atoms with Crippen molar-refractivity contribution >= 4 is 57.9 Å². The average molecular weight is 621 g/mol. The Morgan fingerprint density at radius 1 is 0.617 bits per heavy atom. The molecule has 4 aliphatic rings. The van der Waals surface area contributed by atoms with Crippen LogP contribution in [-0.4, -0.2) is 28.7 Å². The van der Waals surface area contributed by atoms with E-state index >= 15 is 0 Å². The van der Waals surface area contributed by atoms with Crippen molar-refractivity contribution in [2.45, 2.75) is 18.8 Å². The molecule has 2 aliphatic heterocycles. The molecule has 4 amide bonds. The number of benzene rings is 4. The number of anilines is 2. The zero-order chi connectivity index (χ0) is 32.6. The fourth-order valence-corrected chi connectivity index (χ4v) is 8.54. The second-order valence-corrected chi connectivity index (χ2v) is 12.9. The third-order valence-electron chi connectivity index (χ3n) is 10.7. The first-order valence-electron chi connectivity index (χ1n) is 15.9. The Bertz CT molecular complexity index is 2060. The minimum atomic E-state index is -0.705. The number of carbonyl (C=O) groups excluding carboxylic acids is 4. The predicted molar refractivity (Wildman–Crippen MR) is 181 cm³/mol. The van der Waals surface area contributed by atoms with E-state index in [1.54, 1.807) is 42.5 Å².